The van der Waals surface area contributed by atoms with Crippen LogP contribution in [-0.4, -0.2) is 24.4 Å². The van der Waals surface area contributed by atoms with Crippen molar-refractivity contribution in [2.45, 2.75) is 20.8 Å². The third-order valence-corrected chi connectivity index (χ3v) is 2.42. The van der Waals surface area contributed by atoms with Gasteiger partial charge in [-0.05, 0) is 29.2 Å². The first kappa shape index (κ1) is 14.3. The molecule has 0 aliphatic heterocycles. The second kappa shape index (κ2) is 5.71. The Morgan fingerprint density at radius 3 is 2.61 bits per heavy atom. The molecule has 1 amide bonds. The van der Waals surface area contributed by atoms with Crippen molar-refractivity contribution in [3.63, 3.8) is 0 Å². The van der Waals surface area contributed by atoms with Gasteiger partial charge in [-0.3, -0.25) is 4.79 Å². The smallest absolute Gasteiger partial charge is 0.246 e. The Bertz CT molecular complexity index is 444. The molecule has 2 N–H and O–H groups in total. The number of carbonyl (C=O) groups is 1. The molecule has 0 aliphatic carbocycles. The molecule has 3 heteroatoms. The number of nitrogen functional groups attached to an aromatic ring is 1. The Kier molecular flexibility index (Phi) is 4.54. The topological polar surface area (TPSA) is 46.3 Å². The highest BCUT2D eigenvalue weighted by Gasteiger charge is 2.15. The summed E-state index contributed by atoms with van der Waals surface area (Å²) in [6, 6.07) is 7.46. The van der Waals surface area contributed by atoms with Crippen LogP contribution in [0.2, 0.25) is 0 Å². The van der Waals surface area contributed by atoms with E-state index in [1.165, 1.54) is 0 Å². The van der Waals surface area contributed by atoms with Crippen LogP contribution in [0, 0.1) is 5.41 Å². The van der Waals surface area contributed by atoms with Gasteiger partial charge in [0.05, 0.1) is 0 Å². The second-order valence-corrected chi connectivity index (χ2v) is 5.76. The number of hydrogen-bond donors (Lipinski definition) is 1. The molecule has 0 atom stereocenters. The van der Waals surface area contributed by atoms with Gasteiger partial charge in [0.1, 0.15) is 0 Å². The zero-order valence-electron chi connectivity index (χ0n) is 11.6. The van der Waals surface area contributed by atoms with Crippen LogP contribution in [0.3, 0.4) is 0 Å². The van der Waals surface area contributed by atoms with Gasteiger partial charge >= 0.3 is 0 Å². The molecular formula is C15H22N2O. The summed E-state index contributed by atoms with van der Waals surface area (Å²) in [5, 5.41) is 0. The van der Waals surface area contributed by atoms with Gasteiger partial charge in [-0.1, -0.05) is 32.9 Å². The fourth-order valence-electron chi connectivity index (χ4n) is 1.75. The fourth-order valence-corrected chi connectivity index (χ4v) is 1.75. The van der Waals surface area contributed by atoms with Crippen LogP contribution < -0.4 is 5.73 Å². The van der Waals surface area contributed by atoms with Crippen molar-refractivity contribution in [2.75, 3.05) is 19.3 Å². The molecule has 0 bridgehead atoms. The summed E-state index contributed by atoms with van der Waals surface area (Å²) in [6.45, 7) is 7.06. The van der Waals surface area contributed by atoms with Gasteiger partial charge in [-0.25, -0.2) is 0 Å². The lowest BCUT2D eigenvalue weighted by Gasteiger charge is -2.25. The molecule has 18 heavy (non-hydrogen) atoms. The summed E-state index contributed by atoms with van der Waals surface area (Å²) in [7, 11) is 1.82. The quantitative estimate of drug-likeness (QED) is 0.658. The predicted octanol–water partition coefficient (Wildman–Crippen LogP) is 2.79. The van der Waals surface area contributed by atoms with Crippen LogP contribution in [0.1, 0.15) is 26.3 Å². The van der Waals surface area contributed by atoms with E-state index in [2.05, 4.69) is 20.8 Å². The minimum Gasteiger partial charge on any atom is -0.399 e. The summed E-state index contributed by atoms with van der Waals surface area (Å²) >= 11 is 0. The maximum absolute atomic E-state index is 11.9. The van der Waals surface area contributed by atoms with E-state index < -0.39 is 0 Å². The SMILES string of the molecule is CN(CC(C)(C)C)C(=O)/C=C/c1cccc(N)c1. The third-order valence-electron chi connectivity index (χ3n) is 2.42. The van der Waals surface area contributed by atoms with E-state index in [9.17, 15) is 4.79 Å². The molecule has 1 aromatic rings. The van der Waals surface area contributed by atoms with Crippen LogP contribution in [0.15, 0.2) is 30.3 Å². The van der Waals surface area contributed by atoms with Crippen LogP contribution in [0.5, 0.6) is 0 Å². The first-order valence-corrected chi connectivity index (χ1v) is 6.07. The molecule has 0 saturated carbocycles. The first-order valence-electron chi connectivity index (χ1n) is 6.07. The van der Waals surface area contributed by atoms with Crippen molar-refractivity contribution in [3.8, 4) is 0 Å². The fraction of sp³-hybridized carbons (Fsp3) is 0.400. The Balaban J connectivity index is 2.64. The average Bonchev–Trinajstić information content (AvgIpc) is 2.23. The molecule has 0 saturated heterocycles. The lowest BCUT2D eigenvalue weighted by molar-refractivity contribution is -0.125. The molecular weight excluding hydrogens is 224 g/mol. The number of likely N-dealkylation sites (N-methyl/N-ethyl adjacent to an activating group) is 1. The van der Waals surface area contributed by atoms with Gasteiger partial charge in [0.15, 0.2) is 0 Å². The monoisotopic (exact) mass is 246 g/mol. The van der Waals surface area contributed by atoms with Crippen molar-refractivity contribution in [2.24, 2.45) is 5.41 Å². The number of amides is 1. The lowest BCUT2D eigenvalue weighted by atomic mass is 9.96. The molecule has 98 valence electrons. The van der Waals surface area contributed by atoms with E-state index in [1.807, 2.05) is 31.3 Å². The van der Waals surface area contributed by atoms with Crippen molar-refractivity contribution < 1.29 is 4.79 Å². The summed E-state index contributed by atoms with van der Waals surface area (Å²) in [4.78, 5) is 13.6. The van der Waals surface area contributed by atoms with Gasteiger partial charge in [-0.2, -0.15) is 0 Å². The van der Waals surface area contributed by atoms with Crippen LogP contribution in [0.25, 0.3) is 6.08 Å². The highest BCUT2D eigenvalue weighted by molar-refractivity contribution is 5.91. The van der Waals surface area contributed by atoms with Crippen LogP contribution in [0.4, 0.5) is 5.69 Å². The largest absolute Gasteiger partial charge is 0.399 e. The van der Waals surface area contributed by atoms with E-state index in [1.54, 1.807) is 17.1 Å². The van der Waals surface area contributed by atoms with Crippen molar-refractivity contribution in [3.05, 3.63) is 35.9 Å². The zero-order chi connectivity index (χ0) is 13.8. The third kappa shape index (κ3) is 5.04. The highest BCUT2D eigenvalue weighted by Crippen LogP contribution is 2.14. The molecule has 1 aromatic carbocycles. The number of benzene rings is 1. The maximum atomic E-state index is 11.9. The molecule has 0 aliphatic rings. The molecule has 0 radical (unpaired) electrons. The van der Waals surface area contributed by atoms with E-state index >= 15 is 0 Å². The second-order valence-electron chi connectivity index (χ2n) is 5.76. The van der Waals surface area contributed by atoms with E-state index in [0.29, 0.717) is 5.69 Å². The molecule has 1 rings (SSSR count). The lowest BCUT2D eigenvalue weighted by Crippen LogP contribution is -2.33. The van der Waals surface area contributed by atoms with Crippen LogP contribution in [-0.2, 0) is 4.79 Å². The first-order chi connectivity index (χ1) is 8.28. The van der Waals surface area contributed by atoms with Gasteiger partial charge in [0, 0.05) is 25.4 Å². The molecule has 0 spiro atoms. The summed E-state index contributed by atoms with van der Waals surface area (Å²) in [5.41, 5.74) is 7.42. The van der Waals surface area contributed by atoms with Gasteiger partial charge in [0.25, 0.3) is 0 Å². The summed E-state index contributed by atoms with van der Waals surface area (Å²) in [5.74, 6) is 0.00681. The molecule has 0 aromatic heterocycles. The Morgan fingerprint density at radius 1 is 1.39 bits per heavy atom. The number of carbonyl (C=O) groups excluding carboxylic acids is 1. The normalized spacial score (nSPS) is 11.8. The van der Waals surface area contributed by atoms with Gasteiger partial charge < -0.3 is 10.6 Å². The van der Waals surface area contributed by atoms with E-state index in [4.69, 9.17) is 5.73 Å². The molecule has 0 fully saturated rings. The maximum Gasteiger partial charge on any atom is 0.246 e. The number of nitrogens with two attached hydrogens (primary N) is 1. The number of rotatable bonds is 3. The van der Waals surface area contributed by atoms with E-state index in [0.717, 1.165) is 12.1 Å². The van der Waals surface area contributed by atoms with Crippen molar-refractivity contribution in [1.82, 2.24) is 4.90 Å². The van der Waals surface area contributed by atoms with Crippen molar-refractivity contribution in [1.29, 1.82) is 0 Å². The van der Waals surface area contributed by atoms with Gasteiger partial charge in [0.2, 0.25) is 5.91 Å². The van der Waals surface area contributed by atoms with Crippen molar-refractivity contribution >= 4 is 17.7 Å². The molecule has 3 nitrogen and oxygen atoms in total. The van der Waals surface area contributed by atoms with Crippen LogP contribution >= 0.6 is 0 Å². The van der Waals surface area contributed by atoms with E-state index in [-0.39, 0.29) is 11.3 Å². The Hall–Kier alpha value is -1.77. The number of nitrogens with zero attached hydrogens (tertiary/aromatic N) is 1. The minimum atomic E-state index is 0.00681. The zero-order valence-corrected chi connectivity index (χ0v) is 11.6. The molecule has 0 heterocycles. The Labute approximate surface area is 109 Å². The average molecular weight is 246 g/mol. The highest BCUT2D eigenvalue weighted by atomic mass is 16.2. The summed E-state index contributed by atoms with van der Waals surface area (Å²) in [6.07, 6.45) is 3.37. The Morgan fingerprint density at radius 2 is 2.06 bits per heavy atom. The summed E-state index contributed by atoms with van der Waals surface area (Å²) < 4.78 is 0. The minimum absolute atomic E-state index is 0.00681. The number of hydrogen-bond acceptors (Lipinski definition) is 2. The predicted molar refractivity (Wildman–Crippen MR) is 77.0 cm³/mol. The standard InChI is InChI=1S/C15H22N2O/c1-15(2,3)11-17(4)14(18)9-8-12-6-5-7-13(16)10-12/h5-10H,11,16H2,1-4H3/b9-8+. The number of anilines is 1. The molecule has 0 unspecified atom stereocenters. The van der Waals surface area contributed by atoms with Gasteiger partial charge in [-0.15, -0.1) is 0 Å².